The molecule has 0 aromatic carbocycles. The molecule has 0 aromatic heterocycles. The Balaban J connectivity index is 1.77. The van der Waals surface area contributed by atoms with Crippen molar-refractivity contribution in [2.45, 2.75) is 37.3 Å². The van der Waals surface area contributed by atoms with E-state index in [4.69, 9.17) is 0 Å². The predicted octanol–water partition coefficient (Wildman–Crippen LogP) is 0.127. The summed E-state index contributed by atoms with van der Waals surface area (Å²) in [6, 6.07) is 0.730. The molecule has 0 bridgehead atoms. The molecule has 2 N–H and O–H groups in total. The van der Waals surface area contributed by atoms with Crippen molar-refractivity contribution in [3.8, 4) is 0 Å². The van der Waals surface area contributed by atoms with Gasteiger partial charge < -0.3 is 20.2 Å². The van der Waals surface area contributed by atoms with Crippen molar-refractivity contribution >= 4 is 0 Å². The molecule has 0 saturated carbocycles. The lowest BCUT2D eigenvalue weighted by atomic mass is 9.91. The van der Waals surface area contributed by atoms with Gasteiger partial charge in [0, 0.05) is 12.6 Å². The van der Waals surface area contributed by atoms with Gasteiger partial charge in [-0.3, -0.25) is 0 Å². The highest BCUT2D eigenvalue weighted by Crippen LogP contribution is 2.22. The van der Waals surface area contributed by atoms with Crippen LogP contribution in [-0.2, 0) is 0 Å². The van der Waals surface area contributed by atoms with Crippen molar-refractivity contribution in [2.24, 2.45) is 0 Å². The average molecular weight is 241 g/mol. The molecule has 2 rings (SSSR count). The molecule has 0 spiro atoms. The molecule has 0 radical (unpaired) electrons. The molecular formula is C13H27N3O. The normalized spacial score (nSPS) is 27.5. The van der Waals surface area contributed by atoms with Gasteiger partial charge in [0.05, 0.1) is 5.60 Å². The lowest BCUT2D eigenvalue weighted by Gasteiger charge is -2.41. The number of nitrogens with zero attached hydrogens (tertiary/aromatic N) is 2. The highest BCUT2D eigenvalue weighted by molar-refractivity contribution is 4.89. The van der Waals surface area contributed by atoms with Gasteiger partial charge in [-0.25, -0.2) is 0 Å². The van der Waals surface area contributed by atoms with Crippen LogP contribution in [0, 0.1) is 0 Å². The minimum absolute atomic E-state index is 0.434. The molecule has 0 amide bonds. The van der Waals surface area contributed by atoms with Crippen LogP contribution >= 0.6 is 0 Å². The number of β-amino-alcohol motifs (C(OH)–C–C–N with tert-alkyl or cyclic N) is 1. The third kappa shape index (κ3) is 3.65. The SMILES string of the molecule is CN(C)C1CCN(CC2(O)CCNCC2)CC1. The summed E-state index contributed by atoms with van der Waals surface area (Å²) in [4.78, 5) is 4.78. The van der Waals surface area contributed by atoms with E-state index in [1.54, 1.807) is 0 Å². The summed E-state index contributed by atoms with van der Waals surface area (Å²) >= 11 is 0. The van der Waals surface area contributed by atoms with E-state index in [1.165, 1.54) is 12.8 Å². The second kappa shape index (κ2) is 5.65. The summed E-state index contributed by atoms with van der Waals surface area (Å²) in [7, 11) is 4.33. The Labute approximate surface area is 105 Å². The second-order valence-electron chi connectivity index (χ2n) is 5.95. The first kappa shape index (κ1) is 13.3. The molecule has 100 valence electrons. The van der Waals surface area contributed by atoms with Gasteiger partial charge in [0.15, 0.2) is 0 Å². The zero-order valence-corrected chi connectivity index (χ0v) is 11.3. The zero-order valence-electron chi connectivity index (χ0n) is 11.3. The van der Waals surface area contributed by atoms with Gasteiger partial charge in [-0.1, -0.05) is 0 Å². The van der Waals surface area contributed by atoms with E-state index in [1.807, 2.05) is 0 Å². The molecule has 0 atom stereocenters. The number of aliphatic hydroxyl groups is 1. The first-order valence-electron chi connectivity index (χ1n) is 6.91. The van der Waals surface area contributed by atoms with Crippen molar-refractivity contribution in [3.63, 3.8) is 0 Å². The van der Waals surface area contributed by atoms with Crippen LogP contribution < -0.4 is 5.32 Å². The Kier molecular flexibility index (Phi) is 4.42. The number of hydrogen-bond donors (Lipinski definition) is 2. The van der Waals surface area contributed by atoms with E-state index in [0.29, 0.717) is 0 Å². The van der Waals surface area contributed by atoms with Gasteiger partial charge >= 0.3 is 0 Å². The topological polar surface area (TPSA) is 38.7 Å². The van der Waals surface area contributed by atoms with Crippen molar-refractivity contribution in [3.05, 3.63) is 0 Å². The first-order chi connectivity index (χ1) is 8.09. The monoisotopic (exact) mass is 241 g/mol. The summed E-state index contributed by atoms with van der Waals surface area (Å²) in [5.41, 5.74) is -0.434. The first-order valence-corrected chi connectivity index (χ1v) is 6.91. The molecule has 17 heavy (non-hydrogen) atoms. The molecule has 2 fully saturated rings. The van der Waals surface area contributed by atoms with Crippen LogP contribution in [0.3, 0.4) is 0 Å². The molecule has 0 aromatic rings. The Morgan fingerprint density at radius 2 is 1.82 bits per heavy atom. The fourth-order valence-electron chi connectivity index (χ4n) is 3.06. The Bertz CT molecular complexity index is 231. The van der Waals surface area contributed by atoms with Crippen molar-refractivity contribution < 1.29 is 5.11 Å². The largest absolute Gasteiger partial charge is 0.388 e. The molecule has 0 aliphatic carbocycles. The van der Waals surface area contributed by atoms with Crippen LogP contribution in [0.4, 0.5) is 0 Å². The average Bonchev–Trinajstić information content (AvgIpc) is 2.30. The standard InChI is InChI=1S/C13H27N3O/c1-15(2)12-3-9-16(10-4-12)11-13(17)5-7-14-8-6-13/h12,14,17H,3-11H2,1-2H3. The van der Waals surface area contributed by atoms with Crippen LogP contribution in [0.15, 0.2) is 0 Å². The second-order valence-corrected chi connectivity index (χ2v) is 5.95. The molecule has 4 heteroatoms. The molecule has 0 unspecified atom stereocenters. The third-order valence-electron chi connectivity index (χ3n) is 4.34. The highest BCUT2D eigenvalue weighted by atomic mass is 16.3. The summed E-state index contributed by atoms with van der Waals surface area (Å²) in [5, 5.41) is 13.8. The molecule has 4 nitrogen and oxygen atoms in total. The molecular weight excluding hydrogens is 214 g/mol. The number of nitrogens with one attached hydrogen (secondary N) is 1. The Morgan fingerprint density at radius 1 is 1.24 bits per heavy atom. The van der Waals surface area contributed by atoms with Crippen LogP contribution in [-0.4, -0.2) is 73.4 Å². The van der Waals surface area contributed by atoms with E-state index >= 15 is 0 Å². The smallest absolute Gasteiger partial charge is 0.0798 e. The van der Waals surface area contributed by atoms with E-state index < -0.39 is 5.60 Å². The zero-order chi connectivity index (χ0) is 12.3. The number of hydrogen-bond acceptors (Lipinski definition) is 4. The maximum Gasteiger partial charge on any atom is 0.0798 e. The van der Waals surface area contributed by atoms with Gasteiger partial charge in [-0.15, -0.1) is 0 Å². The quantitative estimate of drug-likeness (QED) is 0.736. The maximum absolute atomic E-state index is 10.5. The summed E-state index contributed by atoms with van der Waals surface area (Å²) in [6.45, 7) is 5.07. The van der Waals surface area contributed by atoms with Crippen LogP contribution in [0.5, 0.6) is 0 Å². The van der Waals surface area contributed by atoms with Crippen LogP contribution in [0.1, 0.15) is 25.7 Å². The van der Waals surface area contributed by atoms with Gasteiger partial charge in [-0.2, -0.15) is 0 Å². The van der Waals surface area contributed by atoms with Crippen molar-refractivity contribution in [1.82, 2.24) is 15.1 Å². The van der Waals surface area contributed by atoms with Crippen molar-refractivity contribution in [1.29, 1.82) is 0 Å². The van der Waals surface area contributed by atoms with Crippen LogP contribution in [0.2, 0.25) is 0 Å². The van der Waals surface area contributed by atoms with Crippen LogP contribution in [0.25, 0.3) is 0 Å². The Hall–Kier alpha value is -0.160. The van der Waals surface area contributed by atoms with E-state index in [0.717, 1.165) is 51.6 Å². The van der Waals surface area contributed by atoms with Gasteiger partial charge in [0.1, 0.15) is 0 Å². The fraction of sp³-hybridized carbons (Fsp3) is 1.00. The molecule has 2 heterocycles. The third-order valence-corrected chi connectivity index (χ3v) is 4.34. The summed E-state index contributed by atoms with van der Waals surface area (Å²) in [6.07, 6.45) is 4.28. The maximum atomic E-state index is 10.5. The van der Waals surface area contributed by atoms with Gasteiger partial charge in [-0.05, 0) is 66.0 Å². The number of rotatable bonds is 3. The lowest BCUT2D eigenvalue weighted by molar-refractivity contribution is -0.0287. The van der Waals surface area contributed by atoms with Gasteiger partial charge in [0.2, 0.25) is 0 Å². The molecule has 2 saturated heterocycles. The fourth-order valence-corrected chi connectivity index (χ4v) is 3.06. The van der Waals surface area contributed by atoms with E-state index in [9.17, 15) is 5.11 Å². The highest BCUT2D eigenvalue weighted by Gasteiger charge is 2.32. The summed E-state index contributed by atoms with van der Waals surface area (Å²) in [5.74, 6) is 0. The number of likely N-dealkylation sites (tertiary alicyclic amines) is 1. The van der Waals surface area contributed by atoms with E-state index in [2.05, 4.69) is 29.2 Å². The lowest BCUT2D eigenvalue weighted by Crippen LogP contribution is -2.52. The van der Waals surface area contributed by atoms with E-state index in [-0.39, 0.29) is 0 Å². The predicted molar refractivity (Wildman–Crippen MR) is 70.2 cm³/mol. The van der Waals surface area contributed by atoms with Crippen molar-refractivity contribution in [2.75, 3.05) is 46.8 Å². The Morgan fingerprint density at radius 3 is 2.35 bits per heavy atom. The van der Waals surface area contributed by atoms with Gasteiger partial charge in [0.25, 0.3) is 0 Å². The molecule has 2 aliphatic heterocycles. The number of piperidine rings is 2. The minimum Gasteiger partial charge on any atom is -0.388 e. The molecule has 2 aliphatic rings. The minimum atomic E-state index is -0.434. The summed E-state index contributed by atoms with van der Waals surface area (Å²) < 4.78 is 0.